The Balaban J connectivity index is 0.00000392. The number of rotatable bonds is 5. The molecule has 0 bridgehead atoms. The Morgan fingerprint density at radius 1 is 0.740 bits per heavy atom. The Labute approximate surface area is 303 Å². The van der Waals surface area contributed by atoms with E-state index in [0.29, 0.717) is 34.0 Å². The van der Waals surface area contributed by atoms with Crippen molar-refractivity contribution >= 4 is 32.8 Å². The van der Waals surface area contributed by atoms with Crippen molar-refractivity contribution in [3.05, 3.63) is 151 Å². The Hall–Kier alpha value is -6.04. The van der Waals surface area contributed by atoms with Crippen LogP contribution in [-0.2, 0) is 25.8 Å². The summed E-state index contributed by atoms with van der Waals surface area (Å²) in [6, 6.07) is 46.4. The fraction of sp³-hybridized carbons (Fsp3) is 0.0952. The number of fused-ring (bicyclic) bond motifs is 4. The van der Waals surface area contributed by atoms with Crippen LogP contribution in [0.25, 0.3) is 50.0 Å². The molecular weight excluding hydrogens is 711 g/mol. The molecule has 0 aliphatic carbocycles. The van der Waals surface area contributed by atoms with Crippen LogP contribution in [-0.4, -0.2) is 14.1 Å². The zero-order valence-electron chi connectivity index (χ0n) is 27.4. The van der Waals surface area contributed by atoms with Gasteiger partial charge in [-0.1, -0.05) is 68.8 Å². The first-order chi connectivity index (χ1) is 23.8. The standard InChI is InChI=1S/C42H28N6O.Pd/c1-42(2,3)30-17-18-45-41(22-30)48-37-12-5-4-11-35(37)36-16-15-34(24-40(36)48)49-33-10-8-9-31(23-33)46-27-47(39-14-7-6-13-38(39)46)32-20-28(25-43)19-29(21-32)26-44;/h4-22H,1-3H3;/q-2;. The average Bonchev–Trinajstić information content (AvgIpc) is 3.67. The average molecular weight is 739 g/mol. The van der Waals surface area contributed by atoms with Crippen LogP contribution in [0.15, 0.2) is 115 Å². The van der Waals surface area contributed by atoms with Crippen LogP contribution < -0.4 is 9.30 Å². The second-order valence-corrected chi connectivity index (χ2v) is 12.8. The van der Waals surface area contributed by atoms with Crippen molar-refractivity contribution in [3.63, 3.8) is 0 Å². The summed E-state index contributed by atoms with van der Waals surface area (Å²) in [7, 11) is 0. The SMILES string of the molecule is CC(C)(C)c1ccnc(-n2c3[c-]c(Oc4[c-]c(-n5[c-][n+](-c6cc(C#N)cc(C#N)c6)c6ccccc65)ccc4)ccc3c3ccccc32)c1.[Pd]. The van der Waals surface area contributed by atoms with E-state index < -0.39 is 0 Å². The van der Waals surface area contributed by atoms with Crippen LogP contribution >= 0.6 is 0 Å². The zero-order valence-corrected chi connectivity index (χ0v) is 28.9. The molecule has 0 aliphatic rings. The van der Waals surface area contributed by atoms with Gasteiger partial charge < -0.3 is 13.9 Å². The molecule has 0 saturated heterocycles. The summed E-state index contributed by atoms with van der Waals surface area (Å²) in [6.45, 7) is 6.60. The topological polar surface area (TPSA) is 83.4 Å². The van der Waals surface area contributed by atoms with Crippen LogP contribution in [0.4, 0.5) is 0 Å². The van der Waals surface area contributed by atoms with Crippen molar-refractivity contribution < 1.29 is 29.7 Å². The summed E-state index contributed by atoms with van der Waals surface area (Å²) in [4.78, 5) is 4.78. The maximum absolute atomic E-state index is 9.58. The molecule has 0 spiro atoms. The van der Waals surface area contributed by atoms with E-state index in [-0.39, 0.29) is 25.8 Å². The predicted octanol–water partition coefficient (Wildman–Crippen LogP) is 8.63. The van der Waals surface area contributed by atoms with E-state index in [2.05, 4.69) is 86.3 Å². The molecule has 0 radical (unpaired) electrons. The largest absolute Gasteiger partial charge is 0.510 e. The third-order valence-corrected chi connectivity index (χ3v) is 8.61. The van der Waals surface area contributed by atoms with E-state index in [1.165, 1.54) is 5.56 Å². The molecule has 8 rings (SSSR count). The summed E-state index contributed by atoms with van der Waals surface area (Å²) >= 11 is 0. The molecule has 244 valence electrons. The van der Waals surface area contributed by atoms with Crippen LogP contribution in [0.5, 0.6) is 11.5 Å². The molecule has 0 unspecified atom stereocenters. The second kappa shape index (κ2) is 12.8. The van der Waals surface area contributed by atoms with Crippen molar-refractivity contribution in [1.82, 2.24) is 14.1 Å². The van der Waals surface area contributed by atoms with E-state index in [9.17, 15) is 10.5 Å². The van der Waals surface area contributed by atoms with Gasteiger partial charge in [-0.3, -0.25) is 4.57 Å². The Kier molecular flexibility index (Phi) is 8.30. The number of benzene rings is 5. The van der Waals surface area contributed by atoms with Crippen LogP contribution in [0.3, 0.4) is 0 Å². The number of para-hydroxylation sites is 3. The van der Waals surface area contributed by atoms with E-state index in [4.69, 9.17) is 9.72 Å². The first kappa shape index (κ1) is 32.5. The van der Waals surface area contributed by atoms with Gasteiger partial charge in [0.2, 0.25) is 0 Å². The molecule has 0 N–H and O–H groups in total. The third kappa shape index (κ3) is 5.72. The molecule has 5 aromatic carbocycles. The van der Waals surface area contributed by atoms with Crippen LogP contribution in [0, 0.1) is 41.1 Å². The number of nitriles is 2. The predicted molar refractivity (Wildman–Crippen MR) is 188 cm³/mol. The number of hydrogen-bond donors (Lipinski definition) is 0. The smallest absolute Gasteiger partial charge is 0.268 e. The molecule has 0 aliphatic heterocycles. The van der Waals surface area contributed by atoms with Crippen molar-refractivity contribution in [1.29, 1.82) is 10.5 Å². The quantitative estimate of drug-likeness (QED) is 0.101. The number of nitrogens with zero attached hydrogens (tertiary/aromatic N) is 6. The van der Waals surface area contributed by atoms with Crippen molar-refractivity contribution in [2.75, 3.05) is 0 Å². The number of hydrogen-bond acceptors (Lipinski definition) is 4. The second-order valence-electron chi connectivity index (χ2n) is 12.8. The molecule has 7 nitrogen and oxygen atoms in total. The maximum atomic E-state index is 9.58. The van der Waals surface area contributed by atoms with Gasteiger partial charge in [-0.2, -0.15) is 28.7 Å². The number of imidazole rings is 1. The normalized spacial score (nSPS) is 11.3. The van der Waals surface area contributed by atoms with Gasteiger partial charge in [0.15, 0.2) is 0 Å². The van der Waals surface area contributed by atoms with Gasteiger partial charge >= 0.3 is 0 Å². The number of pyridine rings is 1. The minimum Gasteiger partial charge on any atom is -0.510 e. The zero-order chi connectivity index (χ0) is 33.7. The van der Waals surface area contributed by atoms with Gasteiger partial charge in [0.25, 0.3) is 6.33 Å². The summed E-state index contributed by atoms with van der Waals surface area (Å²) in [6.07, 6.45) is 5.27. The van der Waals surface area contributed by atoms with Crippen molar-refractivity contribution in [2.45, 2.75) is 26.2 Å². The van der Waals surface area contributed by atoms with Gasteiger partial charge in [0.1, 0.15) is 5.82 Å². The minimum absolute atomic E-state index is 0. The molecule has 50 heavy (non-hydrogen) atoms. The molecule has 3 aromatic heterocycles. The molecule has 0 atom stereocenters. The van der Waals surface area contributed by atoms with E-state index in [1.807, 2.05) is 76.0 Å². The van der Waals surface area contributed by atoms with E-state index in [1.54, 1.807) is 18.2 Å². The van der Waals surface area contributed by atoms with Gasteiger partial charge in [0.05, 0.1) is 40.0 Å². The number of aromatic nitrogens is 4. The fourth-order valence-corrected chi connectivity index (χ4v) is 6.22. The van der Waals surface area contributed by atoms with Gasteiger partial charge in [-0.25, -0.2) is 4.98 Å². The summed E-state index contributed by atoms with van der Waals surface area (Å²) in [5.74, 6) is 1.89. The molecule has 8 aromatic rings. The van der Waals surface area contributed by atoms with Crippen LogP contribution in [0.2, 0.25) is 0 Å². The maximum Gasteiger partial charge on any atom is 0.268 e. The molecule has 0 saturated carbocycles. The summed E-state index contributed by atoms with van der Waals surface area (Å²) < 4.78 is 12.3. The molecule has 0 fully saturated rings. The monoisotopic (exact) mass is 738 g/mol. The summed E-state index contributed by atoms with van der Waals surface area (Å²) in [5, 5.41) is 21.3. The molecule has 0 amide bonds. The Bertz CT molecular complexity index is 2630. The summed E-state index contributed by atoms with van der Waals surface area (Å²) in [5.41, 5.74) is 6.99. The minimum atomic E-state index is -0.0305. The number of ether oxygens (including phenoxy) is 1. The van der Waals surface area contributed by atoms with Gasteiger partial charge in [0, 0.05) is 43.6 Å². The molecular formula is C42H28N6OPd-2. The van der Waals surface area contributed by atoms with E-state index in [0.717, 1.165) is 38.7 Å². The first-order valence-electron chi connectivity index (χ1n) is 15.8. The van der Waals surface area contributed by atoms with Crippen LogP contribution in [0.1, 0.15) is 37.5 Å². The van der Waals surface area contributed by atoms with Gasteiger partial charge in [-0.05, 0) is 58.5 Å². The third-order valence-electron chi connectivity index (χ3n) is 8.61. The Morgan fingerprint density at radius 2 is 1.46 bits per heavy atom. The first-order valence-corrected chi connectivity index (χ1v) is 15.8. The van der Waals surface area contributed by atoms with Crippen molar-refractivity contribution in [3.8, 4) is 40.8 Å². The van der Waals surface area contributed by atoms with Gasteiger partial charge in [-0.15, -0.1) is 29.7 Å². The fourth-order valence-electron chi connectivity index (χ4n) is 6.22. The van der Waals surface area contributed by atoms with Crippen molar-refractivity contribution in [2.24, 2.45) is 0 Å². The van der Waals surface area contributed by atoms with E-state index >= 15 is 0 Å². The Morgan fingerprint density at radius 3 is 2.22 bits per heavy atom. The molecule has 3 heterocycles. The molecule has 8 heteroatoms.